The molecule has 0 saturated carbocycles. The molecule has 0 saturated heterocycles. The van der Waals surface area contributed by atoms with Crippen LogP contribution in [0.15, 0.2) is 16.6 Å². The predicted octanol–water partition coefficient (Wildman–Crippen LogP) is 3.25. The second-order valence-electron chi connectivity index (χ2n) is 3.05. The number of hydrogen-bond acceptors (Lipinski definition) is 1. The third kappa shape index (κ3) is 2.79. The van der Waals surface area contributed by atoms with Crippen LogP contribution in [-0.4, -0.2) is 11.7 Å². The Kier molecular flexibility index (Phi) is 4.08. The molecule has 14 heavy (non-hydrogen) atoms. The molecule has 0 heterocycles. The van der Waals surface area contributed by atoms with E-state index in [2.05, 4.69) is 15.9 Å². The molecule has 1 rings (SSSR count). The van der Waals surface area contributed by atoms with Crippen molar-refractivity contribution in [3.8, 4) is 0 Å². The number of aldehydes is 1. The highest BCUT2D eigenvalue weighted by atomic mass is 79.9. The SMILES string of the molecule is Cc1cc(CC(Cl)C=O)c(F)cc1Br. The minimum Gasteiger partial charge on any atom is -0.302 e. The molecule has 1 aromatic rings. The third-order valence-electron chi connectivity index (χ3n) is 1.89. The lowest BCUT2D eigenvalue weighted by Gasteiger charge is -2.06. The summed E-state index contributed by atoms with van der Waals surface area (Å²) in [5, 5.41) is -0.662. The molecular weight excluding hydrogens is 270 g/mol. The van der Waals surface area contributed by atoms with Gasteiger partial charge in [-0.25, -0.2) is 4.39 Å². The van der Waals surface area contributed by atoms with Crippen LogP contribution < -0.4 is 0 Å². The van der Waals surface area contributed by atoms with E-state index >= 15 is 0 Å². The number of alkyl halides is 1. The van der Waals surface area contributed by atoms with Gasteiger partial charge in [-0.15, -0.1) is 11.6 Å². The van der Waals surface area contributed by atoms with E-state index in [1.807, 2.05) is 6.92 Å². The Morgan fingerprint density at radius 3 is 2.86 bits per heavy atom. The van der Waals surface area contributed by atoms with Crippen LogP contribution in [0.3, 0.4) is 0 Å². The van der Waals surface area contributed by atoms with Crippen molar-refractivity contribution in [3.63, 3.8) is 0 Å². The van der Waals surface area contributed by atoms with Crippen molar-refractivity contribution in [1.29, 1.82) is 0 Å². The van der Waals surface area contributed by atoms with Crippen molar-refractivity contribution in [2.45, 2.75) is 18.7 Å². The van der Waals surface area contributed by atoms with Crippen LogP contribution in [0.5, 0.6) is 0 Å². The average Bonchev–Trinajstić information content (AvgIpc) is 2.14. The maximum absolute atomic E-state index is 13.3. The molecule has 0 aliphatic carbocycles. The van der Waals surface area contributed by atoms with Gasteiger partial charge in [0.05, 0.1) is 5.38 Å². The van der Waals surface area contributed by atoms with Gasteiger partial charge in [-0.05, 0) is 30.5 Å². The van der Waals surface area contributed by atoms with Crippen LogP contribution in [0.1, 0.15) is 11.1 Å². The molecule has 1 aromatic carbocycles. The van der Waals surface area contributed by atoms with Crippen LogP contribution in [0.4, 0.5) is 4.39 Å². The molecule has 0 spiro atoms. The van der Waals surface area contributed by atoms with E-state index in [1.165, 1.54) is 6.07 Å². The fourth-order valence-corrected chi connectivity index (χ4v) is 1.61. The van der Waals surface area contributed by atoms with Gasteiger partial charge in [0, 0.05) is 4.47 Å². The van der Waals surface area contributed by atoms with Crippen LogP contribution in [0, 0.1) is 12.7 Å². The molecule has 0 aliphatic rings. The average molecular weight is 280 g/mol. The van der Waals surface area contributed by atoms with Gasteiger partial charge >= 0.3 is 0 Å². The van der Waals surface area contributed by atoms with E-state index in [0.29, 0.717) is 11.8 Å². The predicted molar refractivity (Wildman–Crippen MR) is 58.2 cm³/mol. The van der Waals surface area contributed by atoms with Crippen molar-refractivity contribution in [3.05, 3.63) is 33.5 Å². The minimum atomic E-state index is -0.662. The molecule has 1 unspecified atom stereocenters. The summed E-state index contributed by atoms with van der Waals surface area (Å²) in [4.78, 5) is 10.3. The monoisotopic (exact) mass is 278 g/mol. The quantitative estimate of drug-likeness (QED) is 0.613. The lowest BCUT2D eigenvalue weighted by atomic mass is 10.1. The minimum absolute atomic E-state index is 0.227. The van der Waals surface area contributed by atoms with Gasteiger partial charge in [-0.1, -0.05) is 22.0 Å². The summed E-state index contributed by atoms with van der Waals surface area (Å²) in [6.07, 6.45) is 0.837. The molecule has 0 amide bonds. The van der Waals surface area contributed by atoms with Gasteiger partial charge in [0.2, 0.25) is 0 Å². The van der Waals surface area contributed by atoms with Crippen molar-refractivity contribution in [2.75, 3.05) is 0 Å². The second kappa shape index (κ2) is 4.89. The smallest absolute Gasteiger partial charge is 0.138 e. The number of aryl methyl sites for hydroxylation is 1. The van der Waals surface area contributed by atoms with E-state index in [9.17, 15) is 9.18 Å². The van der Waals surface area contributed by atoms with Gasteiger partial charge in [0.1, 0.15) is 12.1 Å². The van der Waals surface area contributed by atoms with Gasteiger partial charge in [-0.2, -0.15) is 0 Å². The van der Waals surface area contributed by atoms with E-state index in [-0.39, 0.29) is 12.2 Å². The number of benzene rings is 1. The number of carbonyl (C=O) groups excluding carboxylic acids is 1. The zero-order valence-electron chi connectivity index (χ0n) is 7.56. The zero-order valence-corrected chi connectivity index (χ0v) is 9.90. The van der Waals surface area contributed by atoms with Crippen LogP contribution in [0.2, 0.25) is 0 Å². The van der Waals surface area contributed by atoms with Crippen molar-refractivity contribution in [2.24, 2.45) is 0 Å². The summed E-state index contributed by atoms with van der Waals surface area (Å²) in [6.45, 7) is 1.86. The molecule has 1 atom stereocenters. The fourth-order valence-electron chi connectivity index (χ4n) is 1.13. The van der Waals surface area contributed by atoms with Crippen LogP contribution >= 0.6 is 27.5 Å². The first kappa shape index (κ1) is 11.7. The Labute approximate surface area is 95.4 Å². The van der Waals surface area contributed by atoms with Gasteiger partial charge in [0.15, 0.2) is 0 Å². The lowest BCUT2D eigenvalue weighted by molar-refractivity contribution is -0.107. The van der Waals surface area contributed by atoms with Crippen molar-refractivity contribution < 1.29 is 9.18 Å². The zero-order chi connectivity index (χ0) is 10.7. The molecule has 0 bridgehead atoms. The maximum Gasteiger partial charge on any atom is 0.138 e. The normalized spacial score (nSPS) is 12.6. The number of hydrogen-bond donors (Lipinski definition) is 0. The highest BCUT2D eigenvalue weighted by Crippen LogP contribution is 2.21. The van der Waals surface area contributed by atoms with Gasteiger partial charge in [-0.3, -0.25) is 0 Å². The summed E-state index contributed by atoms with van der Waals surface area (Å²) in [7, 11) is 0. The summed E-state index contributed by atoms with van der Waals surface area (Å²) in [5.74, 6) is -0.338. The van der Waals surface area contributed by atoms with Gasteiger partial charge in [0.25, 0.3) is 0 Å². The first-order valence-corrected chi connectivity index (χ1v) is 5.31. The molecule has 0 N–H and O–H groups in total. The summed E-state index contributed by atoms with van der Waals surface area (Å²) >= 11 is 8.84. The van der Waals surface area contributed by atoms with Crippen LogP contribution in [0.25, 0.3) is 0 Å². The molecule has 76 valence electrons. The Hall–Kier alpha value is -0.410. The van der Waals surface area contributed by atoms with Crippen molar-refractivity contribution in [1.82, 2.24) is 0 Å². The Balaban J connectivity index is 2.97. The first-order valence-electron chi connectivity index (χ1n) is 4.08. The number of rotatable bonds is 3. The second-order valence-corrected chi connectivity index (χ2v) is 4.46. The maximum atomic E-state index is 13.3. The molecular formula is C10H9BrClFO. The highest BCUT2D eigenvalue weighted by molar-refractivity contribution is 9.10. The molecule has 1 nitrogen and oxygen atoms in total. The Morgan fingerprint density at radius 1 is 1.64 bits per heavy atom. The highest BCUT2D eigenvalue weighted by Gasteiger charge is 2.10. The van der Waals surface area contributed by atoms with E-state index in [4.69, 9.17) is 11.6 Å². The summed E-state index contributed by atoms with van der Waals surface area (Å²) in [5.41, 5.74) is 1.40. The molecule has 0 fully saturated rings. The Morgan fingerprint density at radius 2 is 2.29 bits per heavy atom. The first-order chi connectivity index (χ1) is 6.54. The molecule has 0 aromatic heterocycles. The van der Waals surface area contributed by atoms with Crippen molar-refractivity contribution >= 4 is 33.8 Å². The summed E-state index contributed by atoms with van der Waals surface area (Å²) < 4.78 is 14.0. The number of carbonyl (C=O) groups is 1. The van der Waals surface area contributed by atoms with Crippen LogP contribution in [-0.2, 0) is 11.2 Å². The van der Waals surface area contributed by atoms with E-state index < -0.39 is 5.38 Å². The van der Waals surface area contributed by atoms with E-state index in [0.717, 1.165) is 10.0 Å². The summed E-state index contributed by atoms with van der Waals surface area (Å²) in [6, 6.07) is 3.08. The molecule has 0 radical (unpaired) electrons. The largest absolute Gasteiger partial charge is 0.302 e. The standard InChI is InChI=1S/C10H9BrClFO/c1-6-2-7(3-8(12)5-14)10(13)4-9(6)11/h2,4-5,8H,3H2,1H3. The topological polar surface area (TPSA) is 17.1 Å². The molecule has 4 heteroatoms. The Bertz CT molecular complexity index is 354. The number of halogens is 3. The lowest BCUT2D eigenvalue weighted by Crippen LogP contribution is -2.06. The fraction of sp³-hybridized carbons (Fsp3) is 0.300. The van der Waals surface area contributed by atoms with Gasteiger partial charge < -0.3 is 4.79 Å². The molecule has 0 aliphatic heterocycles. The van der Waals surface area contributed by atoms with E-state index in [1.54, 1.807) is 6.07 Å². The third-order valence-corrected chi connectivity index (χ3v) is 3.00.